The number of benzene rings is 1. The van der Waals surface area contributed by atoms with Crippen LogP contribution in [0.2, 0.25) is 0 Å². The van der Waals surface area contributed by atoms with Crippen LogP contribution < -0.4 is 11.1 Å². The van der Waals surface area contributed by atoms with Crippen molar-refractivity contribution in [3.05, 3.63) is 35.7 Å². The highest BCUT2D eigenvalue weighted by atomic mass is 19.4. The normalized spacial score (nSPS) is 13.0. The van der Waals surface area contributed by atoms with Crippen molar-refractivity contribution in [3.63, 3.8) is 0 Å². The van der Waals surface area contributed by atoms with Crippen LogP contribution in [0.3, 0.4) is 0 Å². The van der Waals surface area contributed by atoms with Crippen LogP contribution in [0.4, 0.5) is 13.2 Å². The number of carbonyl (C=O) groups excluding carboxylic acids is 1. The monoisotopic (exact) mass is 371 g/mol. The van der Waals surface area contributed by atoms with Crippen LogP contribution in [0.15, 0.2) is 33.9 Å². The highest BCUT2D eigenvalue weighted by Gasteiger charge is 2.38. The lowest BCUT2D eigenvalue weighted by atomic mass is 10.1. The lowest BCUT2D eigenvalue weighted by Gasteiger charge is -2.09. The molecule has 0 aliphatic rings. The van der Waals surface area contributed by atoms with Gasteiger partial charge < -0.3 is 20.4 Å². The third kappa shape index (κ3) is 5.28. The van der Waals surface area contributed by atoms with Crippen LogP contribution >= 0.6 is 0 Å². The maximum Gasteiger partial charge on any atom is 0.471 e. The lowest BCUT2D eigenvalue weighted by molar-refractivity contribution is -0.159. The first kappa shape index (κ1) is 19.4. The third-order valence-corrected chi connectivity index (χ3v) is 3.00. The summed E-state index contributed by atoms with van der Waals surface area (Å²) in [5, 5.41) is 9.58. The molecule has 1 amide bonds. The largest absolute Gasteiger partial charge is 0.471 e. The number of alkyl halides is 3. The minimum Gasteiger partial charge on any atom is -0.395 e. The van der Waals surface area contributed by atoms with Gasteiger partial charge in [0.15, 0.2) is 0 Å². The average Bonchev–Trinajstić information content (AvgIpc) is 3.09. The molecule has 3 N–H and O–H groups in total. The smallest absolute Gasteiger partial charge is 0.395 e. The average molecular weight is 371 g/mol. The summed E-state index contributed by atoms with van der Waals surface area (Å²) in [5.74, 6) is -2.04. The quantitative estimate of drug-likeness (QED) is 0.436. The SMILES string of the molecule is CC(C=NOCCN)NC(=O)c1ccc(-c2noc(C(F)(F)F)n2)cc1. The molecule has 1 atom stereocenters. The topological polar surface area (TPSA) is 116 Å². The molecule has 140 valence electrons. The standard InChI is InChI=1S/C15H16F3N5O3/c1-9(8-20-25-7-6-19)21-13(24)11-4-2-10(3-5-11)12-22-14(26-23-12)15(16,17)18/h2-5,8-9H,6-7,19H2,1H3,(H,21,24). The molecule has 1 aromatic heterocycles. The number of carbonyl (C=O) groups is 1. The Labute approximate surface area is 146 Å². The van der Waals surface area contributed by atoms with E-state index in [4.69, 9.17) is 10.6 Å². The Morgan fingerprint density at radius 1 is 1.42 bits per heavy atom. The van der Waals surface area contributed by atoms with E-state index in [2.05, 4.69) is 25.1 Å². The molecule has 1 unspecified atom stereocenters. The Bertz CT molecular complexity index is 759. The van der Waals surface area contributed by atoms with Crippen LogP contribution in [-0.2, 0) is 11.0 Å². The van der Waals surface area contributed by atoms with Gasteiger partial charge in [0.25, 0.3) is 5.91 Å². The van der Waals surface area contributed by atoms with E-state index in [1.807, 2.05) is 0 Å². The number of oxime groups is 1. The van der Waals surface area contributed by atoms with Gasteiger partial charge in [-0.2, -0.15) is 18.2 Å². The Morgan fingerprint density at radius 3 is 2.69 bits per heavy atom. The van der Waals surface area contributed by atoms with E-state index in [1.165, 1.54) is 30.5 Å². The molecular weight excluding hydrogens is 355 g/mol. The van der Waals surface area contributed by atoms with Crippen molar-refractivity contribution in [3.8, 4) is 11.4 Å². The molecule has 0 spiro atoms. The van der Waals surface area contributed by atoms with Gasteiger partial charge in [0.2, 0.25) is 5.82 Å². The first-order chi connectivity index (χ1) is 12.3. The van der Waals surface area contributed by atoms with E-state index in [-0.39, 0.29) is 18.0 Å². The van der Waals surface area contributed by atoms with Gasteiger partial charge in [-0.3, -0.25) is 4.79 Å². The van der Waals surface area contributed by atoms with Crippen molar-refractivity contribution in [2.75, 3.05) is 13.2 Å². The molecule has 0 saturated heterocycles. The fourth-order valence-electron chi connectivity index (χ4n) is 1.79. The van der Waals surface area contributed by atoms with Crippen LogP contribution in [-0.4, -0.2) is 41.5 Å². The van der Waals surface area contributed by atoms with E-state index in [1.54, 1.807) is 6.92 Å². The summed E-state index contributed by atoms with van der Waals surface area (Å²) in [7, 11) is 0. The van der Waals surface area contributed by atoms with Crippen molar-refractivity contribution in [1.29, 1.82) is 0 Å². The van der Waals surface area contributed by atoms with Gasteiger partial charge >= 0.3 is 12.1 Å². The molecule has 0 bridgehead atoms. The summed E-state index contributed by atoms with van der Waals surface area (Å²) < 4.78 is 41.6. The second kappa shape index (κ2) is 8.43. The number of nitrogens with zero attached hydrogens (tertiary/aromatic N) is 3. The van der Waals surface area contributed by atoms with E-state index >= 15 is 0 Å². The number of nitrogens with two attached hydrogens (primary N) is 1. The molecule has 0 radical (unpaired) electrons. The molecule has 8 nitrogen and oxygen atoms in total. The van der Waals surface area contributed by atoms with Crippen molar-refractivity contribution in [1.82, 2.24) is 15.5 Å². The molecule has 1 heterocycles. The van der Waals surface area contributed by atoms with Crippen molar-refractivity contribution in [2.45, 2.75) is 19.1 Å². The Morgan fingerprint density at radius 2 is 2.12 bits per heavy atom. The maximum atomic E-state index is 12.5. The molecule has 0 aliphatic heterocycles. The number of aromatic nitrogens is 2. The van der Waals surface area contributed by atoms with Crippen LogP contribution in [0.25, 0.3) is 11.4 Å². The van der Waals surface area contributed by atoms with Gasteiger partial charge in [0, 0.05) is 17.7 Å². The zero-order chi connectivity index (χ0) is 19.2. The molecule has 26 heavy (non-hydrogen) atoms. The first-order valence-electron chi connectivity index (χ1n) is 7.49. The van der Waals surface area contributed by atoms with E-state index < -0.39 is 24.0 Å². The number of halogens is 3. The number of nitrogens with one attached hydrogen (secondary N) is 1. The first-order valence-corrected chi connectivity index (χ1v) is 7.49. The van der Waals surface area contributed by atoms with Crippen LogP contribution in [0.5, 0.6) is 0 Å². The summed E-state index contributed by atoms with van der Waals surface area (Å²) in [5.41, 5.74) is 5.83. The van der Waals surface area contributed by atoms with Crippen molar-refractivity contribution >= 4 is 12.1 Å². The van der Waals surface area contributed by atoms with Gasteiger partial charge in [0.1, 0.15) is 6.61 Å². The molecule has 0 aliphatic carbocycles. The fraction of sp³-hybridized carbons (Fsp3) is 0.333. The predicted octanol–water partition coefficient (Wildman–Crippen LogP) is 1.83. The fourth-order valence-corrected chi connectivity index (χ4v) is 1.79. The summed E-state index contributed by atoms with van der Waals surface area (Å²) in [6.45, 7) is 2.29. The van der Waals surface area contributed by atoms with Gasteiger partial charge in [-0.25, -0.2) is 0 Å². The molecule has 2 aromatic rings. The zero-order valence-electron chi connectivity index (χ0n) is 13.7. The summed E-state index contributed by atoms with van der Waals surface area (Å²) in [6.07, 6.45) is -3.31. The molecule has 0 saturated carbocycles. The van der Waals surface area contributed by atoms with Gasteiger partial charge in [-0.15, -0.1) is 0 Å². The lowest BCUT2D eigenvalue weighted by Crippen LogP contribution is -2.33. The van der Waals surface area contributed by atoms with Gasteiger partial charge in [0.05, 0.1) is 12.3 Å². The predicted molar refractivity (Wildman–Crippen MR) is 85.2 cm³/mol. The highest BCUT2D eigenvalue weighted by Crippen LogP contribution is 2.29. The third-order valence-electron chi connectivity index (χ3n) is 3.00. The van der Waals surface area contributed by atoms with Crippen LogP contribution in [0.1, 0.15) is 23.2 Å². The summed E-state index contributed by atoms with van der Waals surface area (Å²) >= 11 is 0. The minimum atomic E-state index is -4.71. The van der Waals surface area contributed by atoms with E-state index in [0.29, 0.717) is 12.1 Å². The highest BCUT2D eigenvalue weighted by molar-refractivity contribution is 5.96. The van der Waals surface area contributed by atoms with Gasteiger partial charge in [-0.05, 0) is 19.1 Å². The second-order valence-electron chi connectivity index (χ2n) is 5.14. The second-order valence-corrected chi connectivity index (χ2v) is 5.14. The number of amides is 1. The Balaban J connectivity index is 1.99. The van der Waals surface area contributed by atoms with Gasteiger partial charge in [-0.1, -0.05) is 22.4 Å². The number of hydrogen-bond donors (Lipinski definition) is 2. The summed E-state index contributed by atoms with van der Waals surface area (Å²) in [6, 6.07) is 5.31. The van der Waals surface area contributed by atoms with E-state index in [0.717, 1.165) is 0 Å². The molecule has 11 heteroatoms. The number of rotatable bonds is 7. The molecule has 1 aromatic carbocycles. The van der Waals surface area contributed by atoms with Crippen molar-refractivity contribution in [2.24, 2.45) is 10.9 Å². The summed E-state index contributed by atoms with van der Waals surface area (Å²) in [4.78, 5) is 20.2. The van der Waals surface area contributed by atoms with E-state index in [9.17, 15) is 18.0 Å². The molecular formula is C15H16F3N5O3. The van der Waals surface area contributed by atoms with Crippen LogP contribution in [0, 0.1) is 0 Å². The minimum absolute atomic E-state index is 0.221. The maximum absolute atomic E-state index is 12.5. The molecule has 0 fully saturated rings. The zero-order valence-corrected chi connectivity index (χ0v) is 13.7. The Hall–Kier alpha value is -2.95. The molecule has 2 rings (SSSR count). The van der Waals surface area contributed by atoms with Crippen molar-refractivity contribution < 1.29 is 27.3 Å². The Kier molecular flexibility index (Phi) is 6.28. The number of hydrogen-bond acceptors (Lipinski definition) is 7.